The summed E-state index contributed by atoms with van der Waals surface area (Å²) in [5.41, 5.74) is 0.611. The van der Waals surface area contributed by atoms with Crippen molar-refractivity contribution in [1.82, 2.24) is 4.90 Å². The Hall–Kier alpha value is -2.74. The van der Waals surface area contributed by atoms with Gasteiger partial charge in [0, 0.05) is 18.5 Å². The van der Waals surface area contributed by atoms with Crippen LogP contribution in [-0.4, -0.2) is 40.1 Å². The molecule has 2 aliphatic rings. The van der Waals surface area contributed by atoms with E-state index in [1.165, 1.54) is 24.3 Å². The van der Waals surface area contributed by atoms with Gasteiger partial charge in [0.1, 0.15) is 12.4 Å². The molecule has 0 aromatic heterocycles. The Morgan fingerprint density at radius 1 is 1.00 bits per heavy atom. The first-order chi connectivity index (χ1) is 14.7. The van der Waals surface area contributed by atoms with Crippen LogP contribution in [0.25, 0.3) is 0 Å². The number of hydrogen-bond acceptors (Lipinski definition) is 4. The summed E-state index contributed by atoms with van der Waals surface area (Å²) in [5.74, 6) is -0.292. The fourth-order valence-electron chi connectivity index (χ4n) is 4.75. The van der Waals surface area contributed by atoms with E-state index in [9.17, 15) is 23.1 Å². The molecule has 0 aliphatic carbocycles. The zero-order valence-corrected chi connectivity index (χ0v) is 16.8. The highest BCUT2D eigenvalue weighted by Gasteiger charge is 2.49. The number of halogens is 3. The van der Waals surface area contributed by atoms with Gasteiger partial charge >= 0.3 is 12.5 Å². The topological polar surface area (TPSA) is 59.0 Å². The highest BCUT2D eigenvalue weighted by molar-refractivity contribution is 5.69. The van der Waals surface area contributed by atoms with Gasteiger partial charge in [0.25, 0.3) is 0 Å². The fourth-order valence-corrected chi connectivity index (χ4v) is 4.75. The number of carbonyl (C=O) groups excluding carboxylic acids is 1. The van der Waals surface area contributed by atoms with Crippen molar-refractivity contribution in [2.45, 2.75) is 62.8 Å². The summed E-state index contributed by atoms with van der Waals surface area (Å²) in [6, 6.07) is 14.8. The quantitative estimate of drug-likeness (QED) is 0.732. The predicted molar refractivity (Wildman–Crippen MR) is 106 cm³/mol. The van der Waals surface area contributed by atoms with Crippen molar-refractivity contribution >= 4 is 6.09 Å². The highest BCUT2D eigenvalue weighted by Crippen LogP contribution is 2.42. The molecule has 0 spiro atoms. The molecule has 2 aliphatic heterocycles. The average Bonchev–Trinajstić information content (AvgIpc) is 3.00. The monoisotopic (exact) mass is 435 g/mol. The molecule has 5 nitrogen and oxygen atoms in total. The van der Waals surface area contributed by atoms with Gasteiger partial charge in [-0.1, -0.05) is 42.5 Å². The number of piperidine rings is 1. The first-order valence-corrected chi connectivity index (χ1v) is 10.3. The highest BCUT2D eigenvalue weighted by atomic mass is 19.4. The first-order valence-electron chi connectivity index (χ1n) is 10.3. The normalized spacial score (nSPS) is 25.4. The molecular weight excluding hydrogens is 411 g/mol. The van der Waals surface area contributed by atoms with Gasteiger partial charge in [0.05, 0.1) is 5.60 Å². The summed E-state index contributed by atoms with van der Waals surface area (Å²) in [7, 11) is 0. The summed E-state index contributed by atoms with van der Waals surface area (Å²) in [6.45, 7) is 0.201. The lowest BCUT2D eigenvalue weighted by Gasteiger charge is -2.43. The van der Waals surface area contributed by atoms with E-state index in [2.05, 4.69) is 4.74 Å². The predicted octanol–water partition coefficient (Wildman–Crippen LogP) is 4.82. The van der Waals surface area contributed by atoms with E-state index < -0.39 is 12.0 Å². The number of fused-ring (bicyclic) bond motifs is 2. The molecule has 1 amide bonds. The molecule has 8 heteroatoms. The lowest BCUT2D eigenvalue weighted by atomic mass is 9.81. The summed E-state index contributed by atoms with van der Waals surface area (Å²) < 4.78 is 46.3. The molecule has 0 radical (unpaired) electrons. The molecule has 2 fully saturated rings. The largest absolute Gasteiger partial charge is 0.573 e. The Labute approximate surface area is 178 Å². The number of rotatable bonds is 5. The van der Waals surface area contributed by atoms with Crippen molar-refractivity contribution < 1.29 is 32.5 Å². The van der Waals surface area contributed by atoms with Crippen molar-refractivity contribution in [1.29, 1.82) is 0 Å². The molecule has 4 rings (SSSR count). The van der Waals surface area contributed by atoms with Gasteiger partial charge in [0.2, 0.25) is 0 Å². The molecule has 2 saturated heterocycles. The second-order valence-corrected chi connectivity index (χ2v) is 8.33. The van der Waals surface area contributed by atoms with Crippen LogP contribution in [0.1, 0.15) is 36.8 Å². The van der Waals surface area contributed by atoms with E-state index in [0.29, 0.717) is 19.3 Å². The first kappa shape index (κ1) is 21.5. The van der Waals surface area contributed by atoms with Crippen molar-refractivity contribution in [2.24, 2.45) is 0 Å². The van der Waals surface area contributed by atoms with E-state index in [1.54, 1.807) is 4.90 Å². The van der Waals surface area contributed by atoms with Crippen molar-refractivity contribution in [3.05, 3.63) is 65.7 Å². The zero-order valence-electron chi connectivity index (χ0n) is 16.8. The van der Waals surface area contributed by atoms with Crippen molar-refractivity contribution in [3.63, 3.8) is 0 Å². The second-order valence-electron chi connectivity index (χ2n) is 8.33. The third-order valence-corrected chi connectivity index (χ3v) is 5.96. The molecule has 166 valence electrons. The third kappa shape index (κ3) is 5.31. The number of carbonyl (C=O) groups is 1. The number of amides is 1. The number of alkyl halides is 3. The summed E-state index contributed by atoms with van der Waals surface area (Å²) in [5, 5.41) is 11.2. The van der Waals surface area contributed by atoms with E-state index in [-0.39, 0.29) is 30.5 Å². The molecule has 2 unspecified atom stereocenters. The van der Waals surface area contributed by atoms with E-state index >= 15 is 0 Å². The number of hydrogen-bond donors (Lipinski definition) is 1. The minimum Gasteiger partial charge on any atom is -0.445 e. The second kappa shape index (κ2) is 8.42. The lowest BCUT2D eigenvalue weighted by molar-refractivity contribution is -0.274. The minimum absolute atomic E-state index is 0.111. The molecule has 2 aromatic carbocycles. The molecule has 2 heterocycles. The minimum atomic E-state index is -4.74. The van der Waals surface area contributed by atoms with Gasteiger partial charge in [0.15, 0.2) is 0 Å². The number of nitrogens with zero attached hydrogens (tertiary/aromatic N) is 1. The van der Waals surface area contributed by atoms with Crippen LogP contribution in [0.2, 0.25) is 0 Å². The van der Waals surface area contributed by atoms with E-state index in [4.69, 9.17) is 4.74 Å². The van der Waals surface area contributed by atoms with Gasteiger partial charge in [-0.25, -0.2) is 4.79 Å². The van der Waals surface area contributed by atoms with Crippen molar-refractivity contribution in [3.8, 4) is 5.75 Å². The maximum Gasteiger partial charge on any atom is 0.573 e. The molecule has 2 atom stereocenters. The number of ether oxygens (including phenoxy) is 2. The summed E-state index contributed by atoms with van der Waals surface area (Å²) in [4.78, 5) is 14.4. The average molecular weight is 435 g/mol. The van der Waals surface area contributed by atoms with Crippen LogP contribution >= 0.6 is 0 Å². The standard InChI is InChI=1S/C23H24F3NO4/c24-23(25,26)31-20-10-6-16(7-11-20)12-22(29)13-18-8-9-19(14-22)27(18)21(28)30-15-17-4-2-1-3-5-17/h1-7,10-11,18-19,29H,8-9,12-15H2. The SMILES string of the molecule is O=C(OCc1ccccc1)N1C2CCC1CC(O)(Cc1ccc(OC(F)(F)F)cc1)C2. The summed E-state index contributed by atoms with van der Waals surface area (Å²) >= 11 is 0. The molecule has 31 heavy (non-hydrogen) atoms. The molecular formula is C23H24F3NO4. The Morgan fingerprint density at radius 3 is 2.19 bits per heavy atom. The molecule has 1 N–H and O–H groups in total. The Balaban J connectivity index is 1.36. The van der Waals surface area contributed by atoms with Crippen LogP contribution in [0.5, 0.6) is 5.75 Å². The van der Waals surface area contributed by atoms with E-state index in [1.807, 2.05) is 30.3 Å². The third-order valence-electron chi connectivity index (χ3n) is 5.96. The Morgan fingerprint density at radius 2 is 1.61 bits per heavy atom. The van der Waals surface area contributed by atoms with Crippen LogP contribution in [-0.2, 0) is 17.8 Å². The van der Waals surface area contributed by atoms with Crippen LogP contribution in [0.4, 0.5) is 18.0 Å². The van der Waals surface area contributed by atoms with Gasteiger partial charge in [-0.15, -0.1) is 13.2 Å². The van der Waals surface area contributed by atoms with Crippen LogP contribution in [0, 0.1) is 0 Å². The van der Waals surface area contributed by atoms with Crippen LogP contribution in [0.3, 0.4) is 0 Å². The lowest BCUT2D eigenvalue weighted by Crippen LogP contribution is -2.54. The smallest absolute Gasteiger partial charge is 0.445 e. The van der Waals surface area contributed by atoms with Gasteiger partial charge in [-0.05, 0) is 48.9 Å². The maximum absolute atomic E-state index is 12.7. The van der Waals surface area contributed by atoms with Gasteiger partial charge in [-0.2, -0.15) is 0 Å². The fraction of sp³-hybridized carbons (Fsp3) is 0.435. The Bertz CT molecular complexity index is 887. The maximum atomic E-state index is 12.7. The van der Waals surface area contributed by atoms with E-state index in [0.717, 1.165) is 24.0 Å². The zero-order chi connectivity index (χ0) is 22.1. The van der Waals surface area contributed by atoms with Crippen LogP contribution < -0.4 is 4.74 Å². The molecule has 2 bridgehead atoms. The number of benzene rings is 2. The summed E-state index contributed by atoms with van der Waals surface area (Å²) in [6.07, 6.45) is -2.39. The van der Waals surface area contributed by atoms with Gasteiger partial charge < -0.3 is 19.5 Å². The molecule has 2 aromatic rings. The molecule has 0 saturated carbocycles. The van der Waals surface area contributed by atoms with Gasteiger partial charge in [-0.3, -0.25) is 0 Å². The van der Waals surface area contributed by atoms with Crippen molar-refractivity contribution in [2.75, 3.05) is 0 Å². The van der Waals surface area contributed by atoms with Crippen LogP contribution in [0.15, 0.2) is 54.6 Å². The number of aliphatic hydroxyl groups is 1. The Kier molecular flexibility index (Phi) is 5.83.